The van der Waals surface area contributed by atoms with Gasteiger partial charge in [0.15, 0.2) is 6.04 Å². The lowest BCUT2D eigenvalue weighted by Gasteiger charge is -2.18. The third kappa shape index (κ3) is 25.0. The molecule has 0 saturated carbocycles. The molecule has 11 nitrogen and oxygen atoms in total. The second-order valence-electron chi connectivity index (χ2n) is 9.66. The SMILES string of the molecule is CCCCC/C=C\C/C=C\CCCCCCCCCC(=O)NC(COP(=O)(O)OCC(O)COC(C)=O)C(=O)O. The summed E-state index contributed by atoms with van der Waals surface area (Å²) in [5.74, 6) is -2.57. The van der Waals surface area contributed by atoms with Crippen molar-refractivity contribution >= 4 is 25.7 Å². The van der Waals surface area contributed by atoms with Crippen LogP contribution in [0.2, 0.25) is 0 Å². The topological polar surface area (TPSA) is 169 Å². The Morgan fingerprint density at radius 1 is 0.825 bits per heavy atom. The number of allylic oxidation sites excluding steroid dienone is 4. The van der Waals surface area contributed by atoms with Gasteiger partial charge in [-0.25, -0.2) is 9.36 Å². The molecule has 0 aliphatic heterocycles. The van der Waals surface area contributed by atoms with Crippen LogP contribution in [-0.2, 0) is 32.7 Å². The molecule has 3 unspecified atom stereocenters. The maximum absolute atomic E-state index is 12.1. The van der Waals surface area contributed by atoms with E-state index in [0.717, 1.165) is 45.4 Å². The highest BCUT2D eigenvalue weighted by Gasteiger charge is 2.28. The molecule has 0 aromatic rings. The molecule has 1 amide bonds. The summed E-state index contributed by atoms with van der Waals surface area (Å²) >= 11 is 0. The molecule has 0 spiro atoms. The second kappa shape index (κ2) is 24.7. The smallest absolute Gasteiger partial charge is 0.472 e. The van der Waals surface area contributed by atoms with Crippen LogP contribution in [-0.4, -0.2) is 64.9 Å². The van der Waals surface area contributed by atoms with Gasteiger partial charge < -0.3 is 25.2 Å². The highest BCUT2D eigenvalue weighted by Crippen LogP contribution is 2.43. The molecule has 0 radical (unpaired) electrons. The Bertz CT molecular complexity index is 802. The number of carbonyl (C=O) groups is 3. The highest BCUT2D eigenvalue weighted by molar-refractivity contribution is 7.47. The van der Waals surface area contributed by atoms with Crippen molar-refractivity contribution in [1.82, 2.24) is 5.32 Å². The fourth-order valence-corrected chi connectivity index (χ4v) is 4.31. The van der Waals surface area contributed by atoms with Crippen LogP contribution >= 0.6 is 7.82 Å². The van der Waals surface area contributed by atoms with Gasteiger partial charge in [-0.15, -0.1) is 0 Å². The van der Waals surface area contributed by atoms with Crippen molar-refractivity contribution in [2.75, 3.05) is 19.8 Å². The van der Waals surface area contributed by atoms with Gasteiger partial charge in [0.05, 0.1) is 13.2 Å². The monoisotopic (exact) mass is 591 g/mol. The molecule has 232 valence electrons. The van der Waals surface area contributed by atoms with Crippen molar-refractivity contribution in [2.45, 2.75) is 116 Å². The predicted octanol–water partition coefficient (Wildman–Crippen LogP) is 5.21. The number of carbonyl (C=O) groups excluding carboxylic acids is 2. The lowest BCUT2D eigenvalue weighted by Crippen LogP contribution is -2.43. The largest absolute Gasteiger partial charge is 0.480 e. The van der Waals surface area contributed by atoms with Crippen LogP contribution in [0.15, 0.2) is 24.3 Å². The number of unbranched alkanes of at least 4 members (excludes halogenated alkanes) is 10. The van der Waals surface area contributed by atoms with Crippen molar-refractivity contribution in [1.29, 1.82) is 0 Å². The third-order valence-corrected chi connectivity index (χ3v) is 6.75. The lowest BCUT2D eigenvalue weighted by molar-refractivity contribution is -0.144. The first kappa shape index (κ1) is 38.0. The zero-order chi connectivity index (χ0) is 30.1. The number of ether oxygens (including phenoxy) is 1. The standard InChI is InChI=1S/C28H50NO10P/c1-3-4-5-6-7-8-9-10-11-12-13-14-15-16-17-18-19-20-27(32)29-26(28(33)34)23-39-40(35,36)38-22-25(31)21-37-24(2)30/h7-8,10-11,25-26,31H,3-6,9,12-23H2,1-2H3,(H,29,32)(H,33,34)(H,35,36)/b8-7-,11-10-. The Labute approximate surface area is 239 Å². The molecule has 4 N–H and O–H groups in total. The third-order valence-electron chi connectivity index (χ3n) is 5.80. The quantitative estimate of drug-likeness (QED) is 0.0453. The summed E-state index contributed by atoms with van der Waals surface area (Å²) in [6.45, 7) is 1.41. The average molecular weight is 592 g/mol. The van der Waals surface area contributed by atoms with E-state index in [1.165, 1.54) is 38.5 Å². The molecular weight excluding hydrogens is 541 g/mol. The number of hydrogen-bond acceptors (Lipinski definition) is 8. The zero-order valence-corrected chi connectivity index (χ0v) is 25.0. The van der Waals surface area contributed by atoms with E-state index in [1.54, 1.807) is 0 Å². The number of carboxylic acids is 1. The van der Waals surface area contributed by atoms with Gasteiger partial charge in [0.25, 0.3) is 0 Å². The van der Waals surface area contributed by atoms with E-state index in [9.17, 15) is 34.1 Å². The maximum atomic E-state index is 12.1. The van der Waals surface area contributed by atoms with Gasteiger partial charge in [0.2, 0.25) is 5.91 Å². The molecule has 0 heterocycles. The van der Waals surface area contributed by atoms with Crippen molar-refractivity contribution in [3.05, 3.63) is 24.3 Å². The number of nitrogens with one attached hydrogen (secondary N) is 1. The molecule has 0 aliphatic carbocycles. The number of rotatable bonds is 26. The number of hydrogen-bond donors (Lipinski definition) is 4. The van der Waals surface area contributed by atoms with E-state index in [4.69, 9.17) is 0 Å². The van der Waals surface area contributed by atoms with E-state index in [1.807, 2.05) is 0 Å². The first-order valence-corrected chi connectivity index (χ1v) is 15.8. The van der Waals surface area contributed by atoms with Gasteiger partial charge in [0, 0.05) is 13.3 Å². The molecule has 0 rings (SSSR count). The van der Waals surface area contributed by atoms with Gasteiger partial charge >= 0.3 is 19.8 Å². The van der Waals surface area contributed by atoms with Crippen LogP contribution in [0.25, 0.3) is 0 Å². The molecule has 0 aromatic carbocycles. The van der Waals surface area contributed by atoms with E-state index in [-0.39, 0.29) is 6.42 Å². The van der Waals surface area contributed by atoms with Crippen molar-refractivity contribution < 1.29 is 47.8 Å². The molecule has 40 heavy (non-hydrogen) atoms. The Balaban J connectivity index is 3.92. The normalized spacial score (nSPS) is 14.7. The number of phosphoric acid groups is 1. The molecule has 3 atom stereocenters. The summed E-state index contributed by atoms with van der Waals surface area (Å²) in [5, 5.41) is 21.1. The number of aliphatic hydroxyl groups is 1. The molecule has 0 aliphatic rings. The van der Waals surface area contributed by atoms with E-state index in [0.29, 0.717) is 6.42 Å². The minimum absolute atomic E-state index is 0.136. The molecule has 0 bridgehead atoms. The molecular formula is C28H50NO10P. The van der Waals surface area contributed by atoms with Crippen molar-refractivity contribution in [3.8, 4) is 0 Å². The summed E-state index contributed by atoms with van der Waals surface area (Å²) in [6.07, 6.45) is 21.8. The van der Waals surface area contributed by atoms with Gasteiger partial charge in [-0.1, -0.05) is 76.2 Å². The Morgan fingerprint density at radius 3 is 1.95 bits per heavy atom. The summed E-state index contributed by atoms with van der Waals surface area (Å²) in [5.41, 5.74) is 0. The summed E-state index contributed by atoms with van der Waals surface area (Å²) in [6, 6.07) is -1.54. The lowest BCUT2D eigenvalue weighted by atomic mass is 10.1. The van der Waals surface area contributed by atoms with Crippen LogP contribution in [0, 0.1) is 0 Å². The first-order valence-electron chi connectivity index (χ1n) is 14.3. The van der Waals surface area contributed by atoms with Gasteiger partial charge in [-0.2, -0.15) is 0 Å². The van der Waals surface area contributed by atoms with E-state index in [2.05, 4.69) is 50.3 Å². The van der Waals surface area contributed by atoms with Gasteiger partial charge in [0.1, 0.15) is 12.7 Å². The Kier molecular flexibility index (Phi) is 23.5. The van der Waals surface area contributed by atoms with Crippen LogP contribution in [0.3, 0.4) is 0 Å². The first-order chi connectivity index (χ1) is 19.1. The number of carboxylic acid groups (broad SMARTS) is 1. The number of aliphatic carboxylic acids is 1. The van der Waals surface area contributed by atoms with Crippen LogP contribution in [0.1, 0.15) is 104 Å². The van der Waals surface area contributed by atoms with Crippen LogP contribution < -0.4 is 5.32 Å². The average Bonchev–Trinajstić information content (AvgIpc) is 2.90. The maximum Gasteiger partial charge on any atom is 0.472 e. The summed E-state index contributed by atoms with van der Waals surface area (Å²) < 4.78 is 25.6. The second-order valence-corrected chi connectivity index (χ2v) is 11.1. The van der Waals surface area contributed by atoms with E-state index < -0.39 is 57.6 Å². The zero-order valence-electron chi connectivity index (χ0n) is 24.1. The van der Waals surface area contributed by atoms with E-state index >= 15 is 0 Å². The van der Waals surface area contributed by atoms with Crippen molar-refractivity contribution in [3.63, 3.8) is 0 Å². The molecule has 0 fully saturated rings. The minimum Gasteiger partial charge on any atom is -0.480 e. The fourth-order valence-electron chi connectivity index (χ4n) is 3.54. The molecule has 12 heteroatoms. The van der Waals surface area contributed by atoms with Gasteiger partial charge in [-0.3, -0.25) is 18.6 Å². The highest BCUT2D eigenvalue weighted by atomic mass is 31.2. The Morgan fingerprint density at radius 2 is 1.38 bits per heavy atom. The van der Waals surface area contributed by atoms with Crippen LogP contribution in [0.4, 0.5) is 0 Å². The predicted molar refractivity (Wildman–Crippen MR) is 153 cm³/mol. The molecule has 0 aromatic heterocycles. The number of esters is 1. The van der Waals surface area contributed by atoms with Crippen LogP contribution in [0.5, 0.6) is 0 Å². The number of phosphoric ester groups is 1. The summed E-state index contributed by atoms with van der Waals surface area (Å²) in [4.78, 5) is 43.9. The van der Waals surface area contributed by atoms with Crippen molar-refractivity contribution in [2.24, 2.45) is 0 Å². The van der Waals surface area contributed by atoms with Gasteiger partial charge in [-0.05, 0) is 38.5 Å². The fraction of sp³-hybridized carbons (Fsp3) is 0.750. The summed E-state index contributed by atoms with van der Waals surface area (Å²) in [7, 11) is -4.71. The Hall–Kier alpha value is -2.04. The number of aliphatic hydroxyl groups excluding tert-OH is 1. The number of amides is 1. The molecule has 0 saturated heterocycles. The minimum atomic E-state index is -4.71.